The number of phenolic OH excluding ortho intramolecular Hbond substituents is 1. The number of benzene rings is 1. The second-order valence-corrected chi connectivity index (χ2v) is 3.66. The lowest BCUT2D eigenvalue weighted by molar-refractivity contribution is 0.426. The molecule has 0 aliphatic rings. The van der Waals surface area contributed by atoms with Gasteiger partial charge in [-0.3, -0.25) is 0 Å². The number of phenols is 1. The summed E-state index contributed by atoms with van der Waals surface area (Å²) >= 11 is 0. The number of aryl methyl sites for hydroxylation is 1. The second-order valence-electron chi connectivity index (χ2n) is 3.66. The number of rotatable bonds is 3. The Morgan fingerprint density at radius 2 is 2.25 bits per heavy atom. The summed E-state index contributed by atoms with van der Waals surface area (Å²) in [5.41, 5.74) is 8.23. The average molecular weight is 218 g/mol. The van der Waals surface area contributed by atoms with Gasteiger partial charge in [-0.2, -0.15) is 0 Å². The van der Waals surface area contributed by atoms with Crippen LogP contribution in [0.25, 0.3) is 11.3 Å². The Kier molecular flexibility index (Phi) is 2.92. The van der Waals surface area contributed by atoms with E-state index in [1.165, 1.54) is 0 Å². The molecule has 4 heteroatoms. The molecule has 3 N–H and O–H groups in total. The van der Waals surface area contributed by atoms with E-state index in [1.807, 2.05) is 13.0 Å². The number of aromatic nitrogens is 1. The Morgan fingerprint density at radius 3 is 2.94 bits per heavy atom. The third-order valence-corrected chi connectivity index (χ3v) is 2.49. The summed E-state index contributed by atoms with van der Waals surface area (Å²) in [6.07, 6.45) is 0.723. The first-order valence-electron chi connectivity index (χ1n) is 5.17. The summed E-state index contributed by atoms with van der Waals surface area (Å²) in [7, 11) is 0. The maximum Gasteiger partial charge on any atom is 0.170 e. The molecule has 84 valence electrons. The molecule has 0 saturated carbocycles. The summed E-state index contributed by atoms with van der Waals surface area (Å²) < 4.78 is 5.27. The van der Waals surface area contributed by atoms with Crippen LogP contribution < -0.4 is 5.73 Å². The van der Waals surface area contributed by atoms with E-state index in [0.717, 1.165) is 23.2 Å². The lowest BCUT2D eigenvalue weighted by atomic mass is 10.0. The molecule has 1 aromatic carbocycles. The van der Waals surface area contributed by atoms with Crippen LogP contribution in [-0.4, -0.2) is 16.8 Å². The molecule has 0 unspecified atom stereocenters. The third kappa shape index (κ3) is 1.92. The minimum Gasteiger partial charge on any atom is -0.508 e. The minimum atomic E-state index is 0.213. The van der Waals surface area contributed by atoms with E-state index in [1.54, 1.807) is 18.2 Å². The Bertz CT molecular complexity index is 492. The zero-order valence-corrected chi connectivity index (χ0v) is 9.10. The molecular formula is C12H14N2O2. The Hall–Kier alpha value is -1.81. The van der Waals surface area contributed by atoms with Crippen LogP contribution in [0.15, 0.2) is 28.8 Å². The standard InChI is InChI=1S/C12H14N2O2/c1-8-11(5-6-13)12(16-14-8)9-3-2-4-10(15)7-9/h2-4,7,15H,5-6,13H2,1H3. The van der Waals surface area contributed by atoms with Gasteiger partial charge in [0, 0.05) is 11.1 Å². The lowest BCUT2D eigenvalue weighted by Gasteiger charge is -2.01. The van der Waals surface area contributed by atoms with Crippen LogP contribution in [0.4, 0.5) is 0 Å². The van der Waals surface area contributed by atoms with Crippen molar-refractivity contribution in [1.82, 2.24) is 5.16 Å². The molecule has 0 atom stereocenters. The fraction of sp³-hybridized carbons (Fsp3) is 0.250. The molecule has 0 spiro atoms. The Morgan fingerprint density at radius 1 is 1.44 bits per heavy atom. The van der Waals surface area contributed by atoms with Gasteiger partial charge in [0.15, 0.2) is 5.76 Å². The first kappa shape index (κ1) is 10.7. The van der Waals surface area contributed by atoms with Crippen molar-refractivity contribution < 1.29 is 9.63 Å². The minimum absolute atomic E-state index is 0.213. The van der Waals surface area contributed by atoms with Gasteiger partial charge in [-0.15, -0.1) is 0 Å². The predicted molar refractivity (Wildman–Crippen MR) is 61.1 cm³/mol. The number of aromatic hydroxyl groups is 1. The average Bonchev–Trinajstić information content (AvgIpc) is 2.61. The molecule has 0 saturated heterocycles. The number of nitrogens with two attached hydrogens (primary N) is 1. The zero-order chi connectivity index (χ0) is 11.5. The molecule has 4 nitrogen and oxygen atoms in total. The first-order valence-corrected chi connectivity index (χ1v) is 5.17. The van der Waals surface area contributed by atoms with Crippen molar-refractivity contribution in [2.75, 3.05) is 6.54 Å². The highest BCUT2D eigenvalue weighted by Crippen LogP contribution is 2.28. The summed E-state index contributed by atoms with van der Waals surface area (Å²) in [6.45, 7) is 2.44. The lowest BCUT2D eigenvalue weighted by Crippen LogP contribution is -2.03. The molecule has 2 aromatic rings. The van der Waals surface area contributed by atoms with Crippen LogP contribution in [0.1, 0.15) is 11.3 Å². The van der Waals surface area contributed by atoms with Gasteiger partial charge >= 0.3 is 0 Å². The van der Waals surface area contributed by atoms with Gasteiger partial charge < -0.3 is 15.4 Å². The van der Waals surface area contributed by atoms with Crippen molar-refractivity contribution in [3.63, 3.8) is 0 Å². The van der Waals surface area contributed by atoms with Gasteiger partial charge in [-0.25, -0.2) is 0 Å². The maximum absolute atomic E-state index is 9.42. The van der Waals surface area contributed by atoms with Crippen molar-refractivity contribution in [3.05, 3.63) is 35.5 Å². The van der Waals surface area contributed by atoms with E-state index in [2.05, 4.69) is 5.16 Å². The van der Waals surface area contributed by atoms with Gasteiger partial charge in [0.1, 0.15) is 5.75 Å². The maximum atomic E-state index is 9.42. The fourth-order valence-corrected chi connectivity index (χ4v) is 1.70. The van der Waals surface area contributed by atoms with Crippen molar-refractivity contribution in [2.24, 2.45) is 5.73 Å². The summed E-state index contributed by atoms with van der Waals surface area (Å²) in [6, 6.07) is 6.92. The smallest absolute Gasteiger partial charge is 0.170 e. The molecule has 16 heavy (non-hydrogen) atoms. The highest BCUT2D eigenvalue weighted by atomic mass is 16.5. The van der Waals surface area contributed by atoms with Gasteiger partial charge in [-0.1, -0.05) is 17.3 Å². The summed E-state index contributed by atoms with van der Waals surface area (Å²) in [4.78, 5) is 0. The number of nitrogens with zero attached hydrogens (tertiary/aromatic N) is 1. The fourth-order valence-electron chi connectivity index (χ4n) is 1.70. The van der Waals surface area contributed by atoms with Crippen molar-refractivity contribution in [3.8, 4) is 17.1 Å². The van der Waals surface area contributed by atoms with Crippen molar-refractivity contribution in [1.29, 1.82) is 0 Å². The molecule has 0 radical (unpaired) electrons. The largest absolute Gasteiger partial charge is 0.508 e. The van der Waals surface area contributed by atoms with Crippen LogP contribution in [-0.2, 0) is 6.42 Å². The van der Waals surface area contributed by atoms with Crippen molar-refractivity contribution in [2.45, 2.75) is 13.3 Å². The van der Waals surface area contributed by atoms with Crippen LogP contribution >= 0.6 is 0 Å². The van der Waals surface area contributed by atoms with E-state index < -0.39 is 0 Å². The van der Waals surface area contributed by atoms with Crippen LogP contribution in [0.2, 0.25) is 0 Å². The van der Waals surface area contributed by atoms with Gasteiger partial charge in [0.2, 0.25) is 0 Å². The van der Waals surface area contributed by atoms with Gasteiger partial charge in [-0.05, 0) is 32.0 Å². The summed E-state index contributed by atoms with van der Waals surface area (Å²) in [5, 5.41) is 13.3. The van der Waals surface area contributed by atoms with E-state index >= 15 is 0 Å². The molecular weight excluding hydrogens is 204 g/mol. The molecule has 1 aromatic heterocycles. The van der Waals surface area contributed by atoms with E-state index in [4.69, 9.17) is 10.3 Å². The van der Waals surface area contributed by atoms with Crippen molar-refractivity contribution >= 4 is 0 Å². The quantitative estimate of drug-likeness (QED) is 0.824. The van der Waals surface area contributed by atoms with E-state index in [0.29, 0.717) is 12.3 Å². The van der Waals surface area contributed by atoms with E-state index in [9.17, 15) is 5.11 Å². The first-order chi connectivity index (χ1) is 7.72. The topological polar surface area (TPSA) is 72.3 Å². The van der Waals surface area contributed by atoms with Crippen LogP contribution in [0.3, 0.4) is 0 Å². The molecule has 0 fully saturated rings. The number of hydrogen-bond donors (Lipinski definition) is 2. The second kappa shape index (κ2) is 4.37. The van der Waals surface area contributed by atoms with Crippen LogP contribution in [0.5, 0.6) is 5.75 Å². The third-order valence-electron chi connectivity index (χ3n) is 2.49. The molecule has 0 aliphatic heterocycles. The molecule has 2 rings (SSSR count). The molecule has 0 aliphatic carbocycles. The van der Waals surface area contributed by atoms with Gasteiger partial charge in [0.25, 0.3) is 0 Å². The van der Waals surface area contributed by atoms with E-state index in [-0.39, 0.29) is 5.75 Å². The molecule has 1 heterocycles. The summed E-state index contributed by atoms with van der Waals surface area (Å²) in [5.74, 6) is 0.907. The number of hydrogen-bond acceptors (Lipinski definition) is 4. The van der Waals surface area contributed by atoms with Gasteiger partial charge in [0.05, 0.1) is 5.69 Å². The SMILES string of the molecule is Cc1noc(-c2cccc(O)c2)c1CCN. The predicted octanol–water partition coefficient (Wildman–Crippen LogP) is 1.86. The Labute approximate surface area is 93.7 Å². The highest BCUT2D eigenvalue weighted by Gasteiger charge is 2.14. The Balaban J connectivity index is 2.47. The normalized spacial score (nSPS) is 10.6. The van der Waals surface area contributed by atoms with Crippen LogP contribution in [0, 0.1) is 6.92 Å². The zero-order valence-electron chi connectivity index (χ0n) is 9.10. The molecule has 0 bridgehead atoms. The monoisotopic (exact) mass is 218 g/mol. The highest BCUT2D eigenvalue weighted by molar-refractivity contribution is 5.63. The molecule has 0 amide bonds.